The molecule has 1 aliphatic rings. The highest BCUT2D eigenvalue weighted by Gasteiger charge is 2.34. The van der Waals surface area contributed by atoms with Crippen LogP contribution in [0.25, 0.3) is 0 Å². The molecule has 0 aliphatic heterocycles. The van der Waals surface area contributed by atoms with E-state index in [-0.39, 0.29) is 11.9 Å². The summed E-state index contributed by atoms with van der Waals surface area (Å²) in [5.74, 6) is 0.688. The Morgan fingerprint density at radius 1 is 1.61 bits per heavy atom. The normalized spacial score (nSPS) is 16.7. The predicted molar refractivity (Wildman–Crippen MR) is 70.0 cm³/mol. The number of amides is 1. The van der Waals surface area contributed by atoms with Crippen molar-refractivity contribution in [1.82, 2.24) is 14.7 Å². The zero-order valence-electron chi connectivity index (χ0n) is 11.4. The van der Waals surface area contributed by atoms with Gasteiger partial charge in [0.2, 0.25) is 5.91 Å². The average molecular weight is 250 g/mol. The summed E-state index contributed by atoms with van der Waals surface area (Å²) in [5.41, 5.74) is 7.73. The van der Waals surface area contributed by atoms with E-state index in [1.54, 1.807) is 9.58 Å². The van der Waals surface area contributed by atoms with Crippen molar-refractivity contribution in [1.29, 1.82) is 0 Å². The van der Waals surface area contributed by atoms with E-state index in [2.05, 4.69) is 5.10 Å². The number of carbonyl (C=O) groups excluding carboxylic acids is 1. The van der Waals surface area contributed by atoms with E-state index in [1.807, 2.05) is 27.0 Å². The highest BCUT2D eigenvalue weighted by molar-refractivity contribution is 5.76. The van der Waals surface area contributed by atoms with Crippen molar-refractivity contribution in [2.24, 2.45) is 11.7 Å². The van der Waals surface area contributed by atoms with E-state index < -0.39 is 0 Å². The van der Waals surface area contributed by atoms with Crippen molar-refractivity contribution in [3.05, 3.63) is 17.5 Å². The molecule has 0 radical (unpaired) electrons. The Balaban J connectivity index is 2.00. The maximum atomic E-state index is 12.2. The molecule has 5 nitrogen and oxygen atoms in total. The molecule has 1 amide bonds. The minimum absolute atomic E-state index is 0.0866. The van der Waals surface area contributed by atoms with Gasteiger partial charge in [0.1, 0.15) is 6.54 Å². The first-order chi connectivity index (χ1) is 8.52. The molecule has 1 fully saturated rings. The zero-order chi connectivity index (χ0) is 13.3. The summed E-state index contributed by atoms with van der Waals surface area (Å²) in [4.78, 5) is 14.0. The highest BCUT2D eigenvalue weighted by atomic mass is 16.2. The Hall–Kier alpha value is -1.36. The lowest BCUT2D eigenvalue weighted by Crippen LogP contribution is -2.44. The van der Waals surface area contributed by atoms with Gasteiger partial charge >= 0.3 is 0 Å². The standard InChI is InChI=1S/C13H22N4O/c1-9-6-10(2)17(15-9)8-13(18)16(3)12(7-14)11-4-5-11/h6,11-12H,4-5,7-8,14H2,1-3H3. The molecule has 1 atom stereocenters. The largest absolute Gasteiger partial charge is 0.340 e. The lowest BCUT2D eigenvalue weighted by Gasteiger charge is -2.27. The molecule has 2 N–H and O–H groups in total. The molecule has 100 valence electrons. The van der Waals surface area contributed by atoms with E-state index in [1.165, 1.54) is 12.8 Å². The predicted octanol–water partition coefficient (Wildman–Crippen LogP) is 0.696. The third-order valence-electron chi connectivity index (χ3n) is 3.69. The molecular weight excluding hydrogens is 228 g/mol. The Kier molecular flexibility index (Phi) is 3.71. The minimum atomic E-state index is 0.0866. The minimum Gasteiger partial charge on any atom is -0.340 e. The topological polar surface area (TPSA) is 64.2 Å². The number of carbonyl (C=O) groups is 1. The number of rotatable bonds is 5. The van der Waals surface area contributed by atoms with Crippen LogP contribution in [0.4, 0.5) is 0 Å². The van der Waals surface area contributed by atoms with Crippen molar-refractivity contribution in [3.63, 3.8) is 0 Å². The van der Waals surface area contributed by atoms with Gasteiger partial charge in [-0.25, -0.2) is 0 Å². The molecule has 1 saturated carbocycles. The fourth-order valence-corrected chi connectivity index (χ4v) is 2.41. The van der Waals surface area contributed by atoms with Crippen LogP contribution in [0.2, 0.25) is 0 Å². The second-order valence-corrected chi connectivity index (χ2v) is 5.23. The Morgan fingerprint density at radius 3 is 2.72 bits per heavy atom. The first kappa shape index (κ1) is 13.1. The van der Waals surface area contributed by atoms with E-state index in [4.69, 9.17) is 5.73 Å². The van der Waals surface area contributed by atoms with Crippen LogP contribution < -0.4 is 5.73 Å². The SMILES string of the molecule is Cc1cc(C)n(CC(=O)N(C)C(CN)C2CC2)n1. The molecule has 5 heteroatoms. The van der Waals surface area contributed by atoms with Crippen molar-refractivity contribution in [3.8, 4) is 0 Å². The number of hydrogen-bond donors (Lipinski definition) is 1. The molecule has 2 rings (SSSR count). The maximum absolute atomic E-state index is 12.2. The Labute approximate surface area is 108 Å². The number of likely N-dealkylation sites (N-methyl/N-ethyl adjacent to an activating group) is 1. The summed E-state index contributed by atoms with van der Waals surface area (Å²) in [5, 5.41) is 4.32. The first-order valence-corrected chi connectivity index (χ1v) is 6.49. The van der Waals surface area contributed by atoms with Crippen LogP contribution in [0.5, 0.6) is 0 Å². The quantitative estimate of drug-likeness (QED) is 0.836. The Bertz CT molecular complexity index is 436. The van der Waals surface area contributed by atoms with Gasteiger partial charge in [0.05, 0.1) is 5.69 Å². The van der Waals surface area contributed by atoms with Crippen LogP contribution in [-0.2, 0) is 11.3 Å². The molecule has 0 aromatic carbocycles. The third kappa shape index (κ3) is 2.72. The van der Waals surface area contributed by atoms with Crippen LogP contribution in [0.1, 0.15) is 24.2 Å². The molecule has 1 aromatic rings. The summed E-state index contributed by atoms with van der Waals surface area (Å²) < 4.78 is 1.76. The Morgan fingerprint density at radius 2 is 2.28 bits per heavy atom. The van der Waals surface area contributed by atoms with Crippen LogP contribution >= 0.6 is 0 Å². The van der Waals surface area contributed by atoms with Gasteiger partial charge in [-0.05, 0) is 38.7 Å². The lowest BCUT2D eigenvalue weighted by atomic mass is 10.1. The monoisotopic (exact) mass is 250 g/mol. The van der Waals surface area contributed by atoms with Crippen molar-refractivity contribution in [2.45, 2.75) is 39.3 Å². The zero-order valence-corrected chi connectivity index (χ0v) is 11.4. The van der Waals surface area contributed by atoms with E-state index >= 15 is 0 Å². The van der Waals surface area contributed by atoms with E-state index in [0.29, 0.717) is 19.0 Å². The van der Waals surface area contributed by atoms with E-state index in [0.717, 1.165) is 11.4 Å². The molecule has 18 heavy (non-hydrogen) atoms. The molecule has 1 aromatic heterocycles. The summed E-state index contributed by atoms with van der Waals surface area (Å²) in [6, 6.07) is 2.17. The van der Waals surface area contributed by atoms with Gasteiger partial charge in [0, 0.05) is 25.3 Å². The molecule has 0 saturated heterocycles. The number of hydrogen-bond acceptors (Lipinski definition) is 3. The summed E-state index contributed by atoms with van der Waals surface area (Å²) >= 11 is 0. The number of aryl methyl sites for hydroxylation is 2. The molecule has 0 spiro atoms. The first-order valence-electron chi connectivity index (χ1n) is 6.49. The number of nitrogens with zero attached hydrogens (tertiary/aromatic N) is 3. The fourth-order valence-electron chi connectivity index (χ4n) is 2.41. The van der Waals surface area contributed by atoms with Gasteiger partial charge in [-0.2, -0.15) is 5.10 Å². The second-order valence-electron chi connectivity index (χ2n) is 5.23. The third-order valence-corrected chi connectivity index (χ3v) is 3.69. The van der Waals surface area contributed by atoms with Crippen LogP contribution in [0.15, 0.2) is 6.07 Å². The second kappa shape index (κ2) is 5.10. The number of nitrogens with two attached hydrogens (primary N) is 1. The molecule has 0 bridgehead atoms. The maximum Gasteiger partial charge on any atom is 0.244 e. The smallest absolute Gasteiger partial charge is 0.244 e. The van der Waals surface area contributed by atoms with Gasteiger partial charge in [-0.1, -0.05) is 0 Å². The van der Waals surface area contributed by atoms with Crippen molar-refractivity contribution in [2.75, 3.05) is 13.6 Å². The van der Waals surface area contributed by atoms with Gasteiger partial charge in [0.25, 0.3) is 0 Å². The lowest BCUT2D eigenvalue weighted by molar-refractivity contribution is -0.133. The average Bonchev–Trinajstić information content (AvgIpc) is 3.08. The van der Waals surface area contributed by atoms with Crippen LogP contribution in [0.3, 0.4) is 0 Å². The van der Waals surface area contributed by atoms with Crippen molar-refractivity contribution >= 4 is 5.91 Å². The molecule has 1 unspecified atom stereocenters. The van der Waals surface area contributed by atoms with E-state index in [9.17, 15) is 4.79 Å². The van der Waals surface area contributed by atoms with Gasteiger partial charge in [0.15, 0.2) is 0 Å². The summed E-state index contributed by atoms with van der Waals surface area (Å²) in [6.07, 6.45) is 2.39. The summed E-state index contributed by atoms with van der Waals surface area (Å²) in [7, 11) is 1.85. The number of aromatic nitrogens is 2. The van der Waals surface area contributed by atoms with Crippen LogP contribution in [0, 0.1) is 19.8 Å². The van der Waals surface area contributed by atoms with Crippen molar-refractivity contribution < 1.29 is 4.79 Å². The van der Waals surface area contributed by atoms with Gasteiger partial charge < -0.3 is 10.6 Å². The molecule has 1 heterocycles. The van der Waals surface area contributed by atoms with Gasteiger partial charge in [-0.15, -0.1) is 0 Å². The van der Waals surface area contributed by atoms with Crippen LogP contribution in [-0.4, -0.2) is 40.2 Å². The van der Waals surface area contributed by atoms with Gasteiger partial charge in [-0.3, -0.25) is 9.48 Å². The molecular formula is C13H22N4O. The highest BCUT2D eigenvalue weighted by Crippen LogP contribution is 2.34. The summed E-state index contributed by atoms with van der Waals surface area (Å²) in [6.45, 7) is 4.75. The fraction of sp³-hybridized carbons (Fsp3) is 0.692. The molecule has 1 aliphatic carbocycles.